The molecule has 1 amide bonds. The lowest BCUT2D eigenvalue weighted by molar-refractivity contribution is -0.135. The number of hydrogen-bond donors (Lipinski definition) is 1. The highest BCUT2D eigenvalue weighted by Gasteiger charge is 2.32. The number of nitrogens with zero attached hydrogens (tertiary/aromatic N) is 1. The van der Waals surface area contributed by atoms with Crippen LogP contribution in [0, 0.1) is 0 Å². The summed E-state index contributed by atoms with van der Waals surface area (Å²) in [6.45, 7) is 1.69. The van der Waals surface area contributed by atoms with E-state index in [1.165, 1.54) is 0 Å². The Labute approximate surface area is 86.5 Å². The molecule has 78 valence electrons. The Morgan fingerprint density at radius 2 is 2.47 bits per heavy atom. The Morgan fingerprint density at radius 3 is 3.20 bits per heavy atom. The molecule has 5 nitrogen and oxygen atoms in total. The third kappa shape index (κ3) is 1.68. The molecule has 0 fully saturated rings. The van der Waals surface area contributed by atoms with Crippen LogP contribution in [0.5, 0.6) is 5.75 Å². The van der Waals surface area contributed by atoms with E-state index in [0.29, 0.717) is 11.6 Å². The molecule has 0 bridgehead atoms. The Kier molecular flexibility index (Phi) is 2.37. The molecule has 1 unspecified atom stereocenters. The van der Waals surface area contributed by atoms with Gasteiger partial charge in [0, 0.05) is 12.6 Å². The van der Waals surface area contributed by atoms with E-state index in [-0.39, 0.29) is 12.2 Å². The maximum absolute atomic E-state index is 11.5. The normalized spacial score (nSPS) is 18.7. The zero-order valence-electron chi connectivity index (χ0n) is 8.19. The highest BCUT2D eigenvalue weighted by Crippen LogP contribution is 2.26. The van der Waals surface area contributed by atoms with Crippen molar-refractivity contribution < 1.29 is 14.3 Å². The fourth-order valence-electron chi connectivity index (χ4n) is 1.34. The maximum atomic E-state index is 11.5. The van der Waals surface area contributed by atoms with Crippen molar-refractivity contribution in [2.45, 2.75) is 19.4 Å². The van der Waals surface area contributed by atoms with E-state index in [0.717, 1.165) is 0 Å². The van der Waals surface area contributed by atoms with Crippen LogP contribution in [-0.2, 0) is 9.59 Å². The van der Waals surface area contributed by atoms with Gasteiger partial charge >= 0.3 is 0 Å². The highest BCUT2D eigenvalue weighted by atomic mass is 16.5. The molecular formula is C10H10N2O3. The van der Waals surface area contributed by atoms with Crippen LogP contribution in [0.3, 0.4) is 0 Å². The van der Waals surface area contributed by atoms with Crippen molar-refractivity contribution in [2.75, 3.05) is 5.32 Å². The largest absolute Gasteiger partial charge is 0.469 e. The van der Waals surface area contributed by atoms with Gasteiger partial charge in [0.05, 0.1) is 0 Å². The molecule has 1 atom stereocenters. The molecule has 0 saturated carbocycles. The summed E-state index contributed by atoms with van der Waals surface area (Å²) in [6, 6.07) is 3.35. The Morgan fingerprint density at radius 1 is 1.67 bits per heavy atom. The van der Waals surface area contributed by atoms with Crippen LogP contribution in [0.4, 0.5) is 5.82 Å². The number of carbonyl (C=O) groups excluding carboxylic acids is 2. The second-order valence-electron chi connectivity index (χ2n) is 3.16. The lowest BCUT2D eigenvalue weighted by Crippen LogP contribution is -2.42. The van der Waals surface area contributed by atoms with Crippen molar-refractivity contribution >= 4 is 17.5 Å². The fourth-order valence-corrected chi connectivity index (χ4v) is 1.34. The number of carbonyl (C=O) groups is 2. The topological polar surface area (TPSA) is 68.3 Å². The predicted octanol–water partition coefficient (Wildman–Crippen LogP) is 0.760. The minimum absolute atomic E-state index is 0.234. The number of rotatable bonds is 2. The first-order valence-electron chi connectivity index (χ1n) is 4.67. The summed E-state index contributed by atoms with van der Waals surface area (Å²) < 4.78 is 5.27. The number of nitrogens with one attached hydrogen (secondary N) is 1. The SMILES string of the molecule is CCC(=O)C1Oc2cccnc2NC1=O. The molecule has 0 radical (unpaired) electrons. The third-order valence-electron chi connectivity index (χ3n) is 2.14. The molecule has 0 saturated heterocycles. The van der Waals surface area contributed by atoms with Crippen molar-refractivity contribution in [2.24, 2.45) is 0 Å². The molecular weight excluding hydrogens is 196 g/mol. The summed E-state index contributed by atoms with van der Waals surface area (Å²) >= 11 is 0. The third-order valence-corrected chi connectivity index (χ3v) is 2.14. The minimum atomic E-state index is -1.04. The molecule has 0 aromatic carbocycles. The smallest absolute Gasteiger partial charge is 0.274 e. The average molecular weight is 206 g/mol. The van der Waals surface area contributed by atoms with Crippen LogP contribution in [0.1, 0.15) is 13.3 Å². The van der Waals surface area contributed by atoms with Crippen molar-refractivity contribution in [3.05, 3.63) is 18.3 Å². The highest BCUT2D eigenvalue weighted by molar-refractivity contribution is 6.11. The average Bonchev–Trinajstić information content (AvgIpc) is 2.27. The number of ether oxygens (including phenoxy) is 1. The maximum Gasteiger partial charge on any atom is 0.274 e. The van der Waals surface area contributed by atoms with Crippen LogP contribution >= 0.6 is 0 Å². The number of aromatic nitrogens is 1. The molecule has 2 heterocycles. The van der Waals surface area contributed by atoms with Crippen LogP contribution in [-0.4, -0.2) is 22.8 Å². The van der Waals surface area contributed by atoms with Gasteiger partial charge in [-0.15, -0.1) is 0 Å². The van der Waals surface area contributed by atoms with Gasteiger partial charge in [-0.25, -0.2) is 4.98 Å². The number of ketones is 1. The van der Waals surface area contributed by atoms with Crippen molar-refractivity contribution in [3.63, 3.8) is 0 Å². The second kappa shape index (κ2) is 3.68. The number of pyridine rings is 1. The van der Waals surface area contributed by atoms with E-state index in [9.17, 15) is 9.59 Å². The van der Waals surface area contributed by atoms with E-state index in [1.54, 1.807) is 25.3 Å². The lowest BCUT2D eigenvalue weighted by atomic mass is 10.1. The van der Waals surface area contributed by atoms with Crippen molar-refractivity contribution in [3.8, 4) is 5.75 Å². The van der Waals surface area contributed by atoms with E-state index in [2.05, 4.69) is 10.3 Å². The van der Waals surface area contributed by atoms with Crippen LogP contribution in [0.2, 0.25) is 0 Å². The number of fused-ring (bicyclic) bond motifs is 1. The molecule has 5 heteroatoms. The summed E-state index contributed by atoms with van der Waals surface area (Å²) in [5.74, 6) is 0.113. The molecule has 0 spiro atoms. The summed E-state index contributed by atoms with van der Waals surface area (Å²) in [4.78, 5) is 26.8. The van der Waals surface area contributed by atoms with Gasteiger partial charge in [0.15, 0.2) is 17.4 Å². The van der Waals surface area contributed by atoms with Gasteiger partial charge in [0.25, 0.3) is 5.91 Å². The minimum Gasteiger partial charge on any atom is -0.469 e. The molecule has 1 aromatic rings. The molecule has 1 aliphatic rings. The van der Waals surface area contributed by atoms with Gasteiger partial charge < -0.3 is 10.1 Å². The van der Waals surface area contributed by atoms with Gasteiger partial charge in [-0.2, -0.15) is 0 Å². The van der Waals surface area contributed by atoms with Gasteiger partial charge in [-0.05, 0) is 12.1 Å². The van der Waals surface area contributed by atoms with E-state index in [1.807, 2.05) is 0 Å². The summed E-state index contributed by atoms with van der Waals surface area (Å²) in [7, 11) is 0. The first-order valence-corrected chi connectivity index (χ1v) is 4.67. The Bertz CT molecular complexity index is 417. The molecule has 2 rings (SSSR count). The molecule has 15 heavy (non-hydrogen) atoms. The van der Waals surface area contributed by atoms with Gasteiger partial charge in [0.2, 0.25) is 6.10 Å². The molecule has 1 aliphatic heterocycles. The molecule has 1 aromatic heterocycles. The number of Topliss-reactive ketones (excluding diaryl/α,β-unsaturated/α-hetero) is 1. The Balaban J connectivity index is 2.29. The van der Waals surface area contributed by atoms with Crippen LogP contribution in [0.25, 0.3) is 0 Å². The molecule has 1 N–H and O–H groups in total. The number of amides is 1. The first-order chi connectivity index (χ1) is 7.22. The number of hydrogen-bond acceptors (Lipinski definition) is 4. The summed E-state index contributed by atoms with van der Waals surface area (Å²) in [5, 5.41) is 2.53. The van der Waals surface area contributed by atoms with Crippen LogP contribution in [0.15, 0.2) is 18.3 Å². The quantitative estimate of drug-likeness (QED) is 0.725. The zero-order valence-corrected chi connectivity index (χ0v) is 8.19. The second-order valence-corrected chi connectivity index (χ2v) is 3.16. The summed E-state index contributed by atoms with van der Waals surface area (Å²) in [5.41, 5.74) is 0. The van der Waals surface area contributed by atoms with Gasteiger partial charge in [-0.3, -0.25) is 9.59 Å². The monoisotopic (exact) mass is 206 g/mol. The van der Waals surface area contributed by atoms with E-state index >= 15 is 0 Å². The first kappa shape index (κ1) is 9.64. The summed E-state index contributed by atoms with van der Waals surface area (Å²) in [6.07, 6.45) is 0.782. The predicted molar refractivity (Wildman–Crippen MR) is 52.6 cm³/mol. The zero-order chi connectivity index (χ0) is 10.8. The van der Waals surface area contributed by atoms with Gasteiger partial charge in [0.1, 0.15) is 0 Å². The molecule has 0 aliphatic carbocycles. The van der Waals surface area contributed by atoms with Crippen molar-refractivity contribution in [1.82, 2.24) is 4.98 Å². The Hall–Kier alpha value is -1.91. The van der Waals surface area contributed by atoms with Crippen LogP contribution < -0.4 is 10.1 Å². The fraction of sp³-hybridized carbons (Fsp3) is 0.300. The van der Waals surface area contributed by atoms with E-state index in [4.69, 9.17) is 4.74 Å². The lowest BCUT2D eigenvalue weighted by Gasteiger charge is -2.23. The van der Waals surface area contributed by atoms with Gasteiger partial charge in [-0.1, -0.05) is 6.92 Å². The standard InChI is InChI=1S/C10H10N2O3/c1-2-6(13)8-10(14)12-9-7(15-8)4-3-5-11-9/h3-5,8H,2H2,1H3,(H,11,12,14). The van der Waals surface area contributed by atoms with E-state index < -0.39 is 12.0 Å². The number of anilines is 1. The van der Waals surface area contributed by atoms with Crippen molar-refractivity contribution in [1.29, 1.82) is 0 Å².